The van der Waals surface area contributed by atoms with Gasteiger partial charge in [-0.1, -0.05) is 39.7 Å². The average Bonchev–Trinajstić information content (AvgIpc) is 3.21. The van der Waals surface area contributed by atoms with Crippen LogP contribution in [0.2, 0.25) is 5.02 Å². The first-order valence-corrected chi connectivity index (χ1v) is 7.56. The number of hydrogen-bond donors (Lipinski definition) is 0. The van der Waals surface area contributed by atoms with Crippen molar-refractivity contribution in [1.82, 2.24) is 0 Å². The van der Waals surface area contributed by atoms with Gasteiger partial charge in [0.15, 0.2) is 0 Å². The maximum Gasteiger partial charge on any atom is 2.00 e. The second kappa shape index (κ2) is 9.43. The summed E-state index contributed by atoms with van der Waals surface area (Å²) in [7, 11) is 0. The van der Waals surface area contributed by atoms with E-state index < -0.39 is 0 Å². The number of allylic oxidation sites excluding steroid dienone is 4. The Hall–Kier alpha value is -1.72. The first-order valence-electron chi connectivity index (χ1n) is 6.39. The molecule has 0 unspecified atom stereocenters. The van der Waals surface area contributed by atoms with Gasteiger partial charge in [-0.3, -0.25) is 5.87 Å². The van der Waals surface area contributed by atoms with Crippen LogP contribution in [-0.4, -0.2) is 5.87 Å². The molecular formula is C18H10BrClFeN2. The molecule has 2 nitrogen and oxygen atoms in total. The fourth-order valence-electron chi connectivity index (χ4n) is 1.90. The Morgan fingerprint density at radius 1 is 1.22 bits per heavy atom. The topological polar surface area (TPSA) is 46.1 Å². The maximum atomic E-state index is 8.98. The van der Waals surface area contributed by atoms with Gasteiger partial charge in [0.25, 0.3) is 0 Å². The molecule has 0 fully saturated rings. The molecule has 0 aliphatic heterocycles. The molecule has 0 bridgehead atoms. The summed E-state index contributed by atoms with van der Waals surface area (Å²) >= 11 is 9.53. The number of halogens is 2. The second-order valence-corrected chi connectivity index (χ2v) is 5.61. The van der Waals surface area contributed by atoms with Crippen LogP contribution in [0.3, 0.4) is 0 Å². The first-order chi connectivity index (χ1) is 10.7. The van der Waals surface area contributed by atoms with E-state index in [1.807, 2.05) is 60.5 Å². The van der Waals surface area contributed by atoms with Crippen molar-refractivity contribution in [2.75, 3.05) is 0 Å². The van der Waals surface area contributed by atoms with E-state index in [0.29, 0.717) is 15.8 Å². The third-order valence-corrected chi connectivity index (χ3v) is 3.96. The molecule has 0 heterocycles. The van der Waals surface area contributed by atoms with Crippen LogP contribution in [0.4, 0.5) is 0 Å². The zero-order chi connectivity index (χ0) is 15.9. The fourth-order valence-corrected chi connectivity index (χ4v) is 2.67. The van der Waals surface area contributed by atoms with E-state index in [9.17, 15) is 0 Å². The summed E-state index contributed by atoms with van der Waals surface area (Å²) in [5, 5.41) is 19.4. The molecular weight excluding hydrogens is 415 g/mol. The van der Waals surface area contributed by atoms with Crippen LogP contribution in [-0.2, 0) is 17.1 Å². The molecule has 2 aromatic rings. The Morgan fingerprint density at radius 3 is 2.35 bits per heavy atom. The van der Waals surface area contributed by atoms with Crippen molar-refractivity contribution in [2.45, 2.75) is 0 Å². The molecule has 0 aromatic heterocycles. The van der Waals surface area contributed by atoms with Crippen LogP contribution < -0.4 is 10.4 Å². The third-order valence-electron chi connectivity index (χ3n) is 2.96. The standard InChI is InChI=1S/C13H5BrClN2.C5H5.Fe/c14-12-3-1-2-10(12)11-4-8(6-16)9(7-17)5-13(11)15;1-2-4-5-3-1;/h1-5H;1-5H;/q2*-1;+2. The summed E-state index contributed by atoms with van der Waals surface area (Å²) in [6.45, 7) is 0. The second-order valence-electron chi connectivity index (χ2n) is 4.35. The minimum atomic E-state index is 0. The van der Waals surface area contributed by atoms with Crippen molar-refractivity contribution >= 4 is 39.0 Å². The van der Waals surface area contributed by atoms with Crippen LogP contribution in [0.5, 0.6) is 0 Å². The summed E-state index contributed by atoms with van der Waals surface area (Å²) in [4.78, 5) is 0. The van der Waals surface area contributed by atoms with Crippen molar-refractivity contribution in [1.29, 1.82) is 5.26 Å². The van der Waals surface area contributed by atoms with Gasteiger partial charge in [0.1, 0.15) is 6.07 Å². The summed E-state index contributed by atoms with van der Waals surface area (Å²) in [5.74, 6) is 1.96. The largest absolute Gasteiger partial charge is 2.00 e. The molecule has 23 heavy (non-hydrogen) atoms. The van der Waals surface area contributed by atoms with E-state index in [4.69, 9.17) is 22.3 Å². The average molecular weight is 425 g/mol. The molecule has 0 saturated heterocycles. The van der Waals surface area contributed by atoms with E-state index in [1.165, 1.54) is 6.07 Å². The van der Waals surface area contributed by atoms with Crippen LogP contribution in [0.15, 0.2) is 65.2 Å². The molecule has 0 amide bonds. The van der Waals surface area contributed by atoms with Gasteiger partial charge in [-0.15, -0.1) is 0 Å². The van der Waals surface area contributed by atoms with E-state index in [2.05, 4.69) is 15.9 Å². The summed E-state index contributed by atoms with van der Waals surface area (Å²) in [6.07, 6.45) is 5.69. The Bertz CT molecular complexity index is 898. The predicted molar refractivity (Wildman–Crippen MR) is 94.5 cm³/mol. The van der Waals surface area contributed by atoms with Gasteiger partial charge in [-0.2, -0.15) is 23.5 Å². The van der Waals surface area contributed by atoms with Gasteiger partial charge in [0.05, 0.1) is 5.56 Å². The molecule has 0 radical (unpaired) electrons. The maximum absolute atomic E-state index is 8.98. The molecule has 0 atom stereocenters. The van der Waals surface area contributed by atoms with Crippen LogP contribution in [0, 0.1) is 11.3 Å². The Balaban J connectivity index is 0.000000377. The fraction of sp³-hybridized carbons (Fsp3) is 0. The molecule has 114 valence electrons. The van der Waals surface area contributed by atoms with Gasteiger partial charge in [-0.05, 0) is 23.8 Å². The van der Waals surface area contributed by atoms with Crippen molar-refractivity contribution < 1.29 is 17.1 Å². The molecule has 1 aliphatic carbocycles. The molecule has 3 rings (SSSR count). The Morgan fingerprint density at radius 2 is 1.91 bits per heavy atom. The molecule has 0 spiro atoms. The molecule has 1 aliphatic rings. The number of nitrogens with zero attached hydrogens (tertiary/aromatic N) is 2. The molecule has 0 N–H and O–H groups in total. The quantitative estimate of drug-likeness (QED) is 0.362. The van der Waals surface area contributed by atoms with Crippen molar-refractivity contribution in [2.24, 2.45) is 0 Å². The van der Waals surface area contributed by atoms with Crippen LogP contribution in [0.25, 0.3) is 11.0 Å². The molecule has 2 aromatic carbocycles. The van der Waals surface area contributed by atoms with Gasteiger partial charge < -0.3 is 5.41 Å². The third kappa shape index (κ3) is 4.88. The van der Waals surface area contributed by atoms with Crippen molar-refractivity contribution in [3.8, 4) is 6.07 Å². The molecule has 5 heteroatoms. The van der Waals surface area contributed by atoms with E-state index in [-0.39, 0.29) is 17.1 Å². The summed E-state index contributed by atoms with van der Waals surface area (Å²) < 4.78 is 0.910. The van der Waals surface area contributed by atoms with Crippen LogP contribution >= 0.6 is 27.5 Å². The smallest absolute Gasteiger partial charge is 0.763 e. The number of nitriles is 1. The van der Waals surface area contributed by atoms with E-state index in [0.717, 1.165) is 15.3 Å². The normalized spacial score (nSPS) is 13.9. The Labute approximate surface area is 158 Å². The van der Waals surface area contributed by atoms with Crippen LogP contribution in [0.1, 0.15) is 5.56 Å². The number of benzene rings is 1. The Kier molecular flexibility index (Phi) is 7.92. The zero-order valence-corrected chi connectivity index (χ0v) is 15.2. The zero-order valence-electron chi connectivity index (χ0n) is 11.8. The minimum Gasteiger partial charge on any atom is -0.763 e. The van der Waals surface area contributed by atoms with E-state index in [1.54, 1.807) is 6.07 Å². The molecule has 0 saturated carbocycles. The van der Waals surface area contributed by atoms with Crippen molar-refractivity contribution in [3.05, 3.63) is 91.6 Å². The first kappa shape index (κ1) is 19.3. The number of hydrogen-bond acceptors (Lipinski definition) is 1. The van der Waals surface area contributed by atoms with Crippen molar-refractivity contribution in [3.63, 3.8) is 0 Å². The van der Waals surface area contributed by atoms with Gasteiger partial charge in [0.2, 0.25) is 0 Å². The van der Waals surface area contributed by atoms with E-state index >= 15 is 0 Å². The number of rotatable bonds is 0. The van der Waals surface area contributed by atoms with Gasteiger partial charge >= 0.3 is 17.1 Å². The SMILES string of the molecule is N#Cc1cc(=C2C=CC=C2Br)c(Cl)cc1=C=[N-].[Fe+2].c1cc[cH-]c1. The summed E-state index contributed by atoms with van der Waals surface area (Å²) in [5.41, 5.74) is 1.25. The predicted octanol–water partition coefficient (Wildman–Crippen LogP) is 3.52. The monoisotopic (exact) mass is 424 g/mol. The minimum absolute atomic E-state index is 0. The summed E-state index contributed by atoms with van der Waals surface area (Å²) in [6, 6.07) is 15.2. The van der Waals surface area contributed by atoms with Gasteiger partial charge in [0, 0.05) is 19.9 Å². The van der Waals surface area contributed by atoms with Gasteiger partial charge in [-0.25, -0.2) is 12.1 Å².